The Hall–Kier alpha value is -0.810. The minimum Gasteiger partial charge on any atom is -0.353 e. The molecule has 1 unspecified atom stereocenters. The molecule has 0 aromatic heterocycles. The van der Waals surface area contributed by atoms with Gasteiger partial charge in [-0.15, -0.1) is 24.8 Å². The zero-order valence-electron chi connectivity index (χ0n) is 15.4. The number of likely N-dealkylation sites (N-methyl/N-ethyl adjacent to an activating group) is 1. The fourth-order valence-corrected chi connectivity index (χ4v) is 3.26. The maximum absolute atomic E-state index is 12.2. The Labute approximate surface area is 164 Å². The monoisotopic (exact) mass is 389 g/mol. The number of amides is 1. The van der Waals surface area contributed by atoms with Gasteiger partial charge in [0.15, 0.2) is 0 Å². The highest BCUT2D eigenvalue weighted by molar-refractivity contribution is 5.85. The van der Waals surface area contributed by atoms with Crippen LogP contribution in [0.4, 0.5) is 0 Å². The van der Waals surface area contributed by atoms with Gasteiger partial charge in [-0.25, -0.2) is 0 Å². The number of carbonyl (C=O) groups excluding carboxylic acids is 1. The molecule has 25 heavy (non-hydrogen) atoms. The summed E-state index contributed by atoms with van der Waals surface area (Å²) in [5.41, 5.74) is 1.43. The average molecular weight is 390 g/mol. The lowest BCUT2D eigenvalue weighted by Gasteiger charge is -2.35. The van der Waals surface area contributed by atoms with Crippen LogP contribution in [-0.4, -0.2) is 49.6 Å². The molecule has 6 heteroatoms. The summed E-state index contributed by atoms with van der Waals surface area (Å²) >= 11 is 0. The SMILES string of the molecule is CCNCCNC(=O)C(C)N1CCC(Cc2ccccc2)CC1.Cl.Cl. The zero-order valence-corrected chi connectivity index (χ0v) is 17.0. The average Bonchev–Trinajstić information content (AvgIpc) is 2.59. The summed E-state index contributed by atoms with van der Waals surface area (Å²) in [6.07, 6.45) is 3.53. The predicted octanol–water partition coefficient (Wildman–Crippen LogP) is 2.90. The number of likely N-dealkylation sites (tertiary alicyclic amines) is 1. The second kappa shape index (κ2) is 13.4. The van der Waals surface area contributed by atoms with Gasteiger partial charge in [0.25, 0.3) is 0 Å². The topological polar surface area (TPSA) is 44.4 Å². The molecule has 0 bridgehead atoms. The van der Waals surface area contributed by atoms with Gasteiger partial charge >= 0.3 is 0 Å². The van der Waals surface area contributed by atoms with Crippen molar-refractivity contribution < 1.29 is 4.79 Å². The van der Waals surface area contributed by atoms with E-state index in [2.05, 4.69) is 52.8 Å². The van der Waals surface area contributed by atoms with Crippen LogP contribution in [0, 0.1) is 5.92 Å². The Bertz CT molecular complexity index is 465. The van der Waals surface area contributed by atoms with Crippen molar-refractivity contribution >= 4 is 30.7 Å². The Morgan fingerprint density at radius 2 is 1.80 bits per heavy atom. The van der Waals surface area contributed by atoms with E-state index in [9.17, 15) is 4.79 Å². The van der Waals surface area contributed by atoms with Crippen LogP contribution in [0.1, 0.15) is 32.3 Å². The molecule has 0 aliphatic carbocycles. The van der Waals surface area contributed by atoms with Crippen LogP contribution in [0.25, 0.3) is 0 Å². The number of piperidine rings is 1. The van der Waals surface area contributed by atoms with E-state index in [1.165, 1.54) is 18.4 Å². The first-order valence-corrected chi connectivity index (χ1v) is 8.97. The molecular weight excluding hydrogens is 357 g/mol. The zero-order chi connectivity index (χ0) is 16.5. The van der Waals surface area contributed by atoms with Gasteiger partial charge in [-0.1, -0.05) is 37.3 Å². The molecule has 1 aliphatic rings. The quantitative estimate of drug-likeness (QED) is 0.671. The van der Waals surface area contributed by atoms with Crippen molar-refractivity contribution in [1.82, 2.24) is 15.5 Å². The van der Waals surface area contributed by atoms with E-state index in [0.29, 0.717) is 6.54 Å². The van der Waals surface area contributed by atoms with Gasteiger partial charge in [-0.05, 0) is 57.3 Å². The maximum atomic E-state index is 12.2. The van der Waals surface area contributed by atoms with E-state index in [0.717, 1.165) is 38.5 Å². The second-order valence-corrected chi connectivity index (χ2v) is 6.49. The first kappa shape index (κ1) is 24.2. The van der Waals surface area contributed by atoms with Crippen molar-refractivity contribution in [2.45, 2.75) is 39.2 Å². The van der Waals surface area contributed by atoms with E-state index in [1.54, 1.807) is 0 Å². The van der Waals surface area contributed by atoms with Gasteiger partial charge in [-0.3, -0.25) is 9.69 Å². The van der Waals surface area contributed by atoms with Crippen molar-refractivity contribution in [3.8, 4) is 0 Å². The number of hydrogen-bond donors (Lipinski definition) is 2. The fourth-order valence-electron chi connectivity index (χ4n) is 3.26. The van der Waals surface area contributed by atoms with Crippen LogP contribution >= 0.6 is 24.8 Å². The molecule has 0 spiro atoms. The second-order valence-electron chi connectivity index (χ2n) is 6.49. The van der Waals surface area contributed by atoms with Crippen LogP contribution in [0.15, 0.2) is 30.3 Å². The number of benzene rings is 1. The molecule has 2 rings (SSSR count). The van der Waals surface area contributed by atoms with E-state index >= 15 is 0 Å². The van der Waals surface area contributed by atoms with E-state index < -0.39 is 0 Å². The summed E-state index contributed by atoms with van der Waals surface area (Å²) in [5, 5.41) is 6.25. The summed E-state index contributed by atoms with van der Waals surface area (Å²) in [6.45, 7) is 8.65. The minimum absolute atomic E-state index is 0. The van der Waals surface area contributed by atoms with Gasteiger partial charge in [0.2, 0.25) is 5.91 Å². The molecular formula is C19H33Cl2N3O. The molecule has 1 heterocycles. The Kier molecular flexibility index (Phi) is 13.0. The summed E-state index contributed by atoms with van der Waals surface area (Å²) in [6, 6.07) is 10.7. The third kappa shape index (κ3) is 8.41. The number of carbonyl (C=O) groups is 1. The molecule has 1 fully saturated rings. The van der Waals surface area contributed by atoms with Crippen molar-refractivity contribution in [2.24, 2.45) is 5.92 Å². The molecule has 0 saturated carbocycles. The smallest absolute Gasteiger partial charge is 0.237 e. The van der Waals surface area contributed by atoms with Gasteiger partial charge in [0.05, 0.1) is 6.04 Å². The van der Waals surface area contributed by atoms with Crippen LogP contribution in [0.5, 0.6) is 0 Å². The normalized spacial score (nSPS) is 16.4. The highest BCUT2D eigenvalue weighted by atomic mass is 35.5. The molecule has 2 N–H and O–H groups in total. The number of hydrogen-bond acceptors (Lipinski definition) is 3. The maximum Gasteiger partial charge on any atom is 0.237 e. The standard InChI is InChI=1S/C19H31N3O.2ClH/c1-3-20-11-12-21-19(23)16(2)22-13-9-18(10-14-22)15-17-7-5-4-6-8-17;;/h4-8,16,18,20H,3,9-15H2,1-2H3,(H,21,23);2*1H. The molecule has 1 amide bonds. The highest BCUT2D eigenvalue weighted by Crippen LogP contribution is 2.22. The molecule has 1 aromatic carbocycles. The molecule has 4 nitrogen and oxygen atoms in total. The Morgan fingerprint density at radius 3 is 2.40 bits per heavy atom. The predicted molar refractivity (Wildman–Crippen MR) is 110 cm³/mol. The van der Waals surface area contributed by atoms with Crippen molar-refractivity contribution in [2.75, 3.05) is 32.7 Å². The lowest BCUT2D eigenvalue weighted by molar-refractivity contribution is -0.126. The Morgan fingerprint density at radius 1 is 1.16 bits per heavy atom. The first-order valence-electron chi connectivity index (χ1n) is 8.97. The molecule has 1 aliphatic heterocycles. The lowest BCUT2D eigenvalue weighted by atomic mass is 9.89. The van der Waals surface area contributed by atoms with Gasteiger partial charge in [0.1, 0.15) is 0 Å². The van der Waals surface area contributed by atoms with Gasteiger partial charge in [0, 0.05) is 13.1 Å². The lowest BCUT2D eigenvalue weighted by Crippen LogP contribution is -2.49. The van der Waals surface area contributed by atoms with Crippen molar-refractivity contribution in [1.29, 1.82) is 0 Å². The number of nitrogens with one attached hydrogen (secondary N) is 2. The summed E-state index contributed by atoms with van der Waals surface area (Å²) in [7, 11) is 0. The molecule has 1 saturated heterocycles. The minimum atomic E-state index is -0.0192. The summed E-state index contributed by atoms with van der Waals surface area (Å²) in [5.74, 6) is 0.905. The molecule has 0 radical (unpaired) electrons. The first-order chi connectivity index (χ1) is 11.2. The van der Waals surface area contributed by atoms with Crippen LogP contribution in [0.2, 0.25) is 0 Å². The van der Waals surface area contributed by atoms with Gasteiger partial charge < -0.3 is 10.6 Å². The highest BCUT2D eigenvalue weighted by Gasteiger charge is 2.26. The van der Waals surface area contributed by atoms with Crippen LogP contribution in [0.3, 0.4) is 0 Å². The molecule has 1 aromatic rings. The molecule has 1 atom stereocenters. The number of nitrogens with zero attached hydrogens (tertiary/aromatic N) is 1. The number of rotatable bonds is 8. The third-order valence-electron chi connectivity index (χ3n) is 4.79. The van der Waals surface area contributed by atoms with Crippen LogP contribution in [-0.2, 0) is 11.2 Å². The van der Waals surface area contributed by atoms with E-state index in [1.807, 2.05) is 6.92 Å². The summed E-state index contributed by atoms with van der Waals surface area (Å²) < 4.78 is 0. The largest absolute Gasteiger partial charge is 0.353 e. The molecule has 144 valence electrons. The van der Waals surface area contributed by atoms with E-state index in [-0.39, 0.29) is 36.8 Å². The van der Waals surface area contributed by atoms with Crippen molar-refractivity contribution in [3.63, 3.8) is 0 Å². The van der Waals surface area contributed by atoms with Crippen molar-refractivity contribution in [3.05, 3.63) is 35.9 Å². The van der Waals surface area contributed by atoms with E-state index in [4.69, 9.17) is 0 Å². The summed E-state index contributed by atoms with van der Waals surface area (Å²) in [4.78, 5) is 14.5. The fraction of sp³-hybridized carbons (Fsp3) is 0.632. The third-order valence-corrected chi connectivity index (χ3v) is 4.79. The van der Waals surface area contributed by atoms with Gasteiger partial charge in [-0.2, -0.15) is 0 Å². The van der Waals surface area contributed by atoms with Crippen LogP contribution < -0.4 is 10.6 Å². The number of halogens is 2. The Balaban J connectivity index is 0.00000288.